The maximum Gasteiger partial charge on any atom is 0.335 e. The fourth-order valence-electron chi connectivity index (χ4n) is 2.39. The number of nitrogens with zero attached hydrogens (tertiary/aromatic N) is 1. The fraction of sp³-hybridized carbons (Fsp3) is 0.500. The third-order valence-corrected chi connectivity index (χ3v) is 5.58. The summed E-state index contributed by atoms with van der Waals surface area (Å²) in [6.07, 6.45) is -0.00969. The van der Waals surface area contributed by atoms with Crippen molar-refractivity contribution in [3.05, 3.63) is 35.4 Å². The van der Waals surface area contributed by atoms with Gasteiger partial charge in [0.25, 0.3) is 0 Å². The van der Waals surface area contributed by atoms with Crippen LogP contribution >= 0.6 is 0 Å². The first-order chi connectivity index (χ1) is 9.79. The van der Waals surface area contributed by atoms with Gasteiger partial charge >= 0.3 is 5.97 Å². The Hall–Kier alpha value is -1.44. The molecule has 0 aliphatic carbocycles. The van der Waals surface area contributed by atoms with Crippen molar-refractivity contribution in [3.8, 4) is 0 Å². The molecule has 2 atom stereocenters. The Morgan fingerprint density at radius 2 is 1.95 bits per heavy atom. The lowest BCUT2D eigenvalue weighted by Gasteiger charge is -2.33. The summed E-state index contributed by atoms with van der Waals surface area (Å²) in [4.78, 5) is 10.8. The smallest absolute Gasteiger partial charge is 0.335 e. The summed E-state index contributed by atoms with van der Waals surface area (Å²) in [5.74, 6) is -1.28. The van der Waals surface area contributed by atoms with E-state index < -0.39 is 22.1 Å². The van der Waals surface area contributed by atoms with Crippen molar-refractivity contribution in [1.29, 1.82) is 0 Å². The molecule has 0 radical (unpaired) electrons. The molecule has 1 aliphatic heterocycles. The van der Waals surface area contributed by atoms with E-state index in [0.717, 1.165) is 0 Å². The molecule has 0 bridgehead atoms. The Morgan fingerprint density at radius 1 is 1.33 bits per heavy atom. The second kappa shape index (κ2) is 6.13. The van der Waals surface area contributed by atoms with Gasteiger partial charge in [0.15, 0.2) is 0 Å². The third kappa shape index (κ3) is 3.81. The first kappa shape index (κ1) is 15.9. The van der Waals surface area contributed by atoms with Gasteiger partial charge in [-0.1, -0.05) is 19.1 Å². The Labute approximate surface area is 124 Å². The first-order valence-corrected chi connectivity index (χ1v) is 8.38. The lowest BCUT2D eigenvalue weighted by molar-refractivity contribution is 0.0628. The van der Waals surface area contributed by atoms with Crippen LogP contribution in [0.15, 0.2) is 24.3 Å². The molecule has 116 valence electrons. The molecule has 0 aromatic heterocycles. The van der Waals surface area contributed by atoms with E-state index >= 15 is 0 Å². The topological polar surface area (TPSA) is 94.9 Å². The van der Waals surface area contributed by atoms with Crippen molar-refractivity contribution < 1.29 is 23.4 Å². The number of piperidine rings is 1. The van der Waals surface area contributed by atoms with E-state index in [2.05, 4.69) is 0 Å². The molecule has 1 aliphatic rings. The summed E-state index contributed by atoms with van der Waals surface area (Å²) in [5.41, 5.74) is 0.685. The van der Waals surface area contributed by atoms with Crippen molar-refractivity contribution in [2.75, 3.05) is 13.1 Å². The van der Waals surface area contributed by atoms with Crippen LogP contribution in [0.3, 0.4) is 0 Å². The van der Waals surface area contributed by atoms with E-state index in [0.29, 0.717) is 25.1 Å². The maximum absolute atomic E-state index is 12.4. The summed E-state index contributed by atoms with van der Waals surface area (Å²) < 4.78 is 26.1. The average Bonchev–Trinajstić information content (AvgIpc) is 2.42. The highest BCUT2D eigenvalue weighted by Crippen LogP contribution is 2.21. The largest absolute Gasteiger partial charge is 0.478 e. The van der Waals surface area contributed by atoms with Crippen LogP contribution in [0.4, 0.5) is 0 Å². The first-order valence-electron chi connectivity index (χ1n) is 6.78. The van der Waals surface area contributed by atoms with Gasteiger partial charge in [0.05, 0.1) is 17.4 Å². The molecule has 1 aromatic carbocycles. The highest BCUT2D eigenvalue weighted by atomic mass is 32.2. The van der Waals surface area contributed by atoms with Crippen molar-refractivity contribution in [2.45, 2.75) is 25.2 Å². The summed E-state index contributed by atoms with van der Waals surface area (Å²) in [7, 11) is -3.45. The molecule has 0 spiro atoms. The Morgan fingerprint density at radius 3 is 2.48 bits per heavy atom. The highest BCUT2D eigenvalue weighted by molar-refractivity contribution is 7.88. The van der Waals surface area contributed by atoms with Gasteiger partial charge < -0.3 is 10.2 Å². The SMILES string of the molecule is CC1CN(S(=O)(=O)Cc2ccc(C(=O)O)cc2)CCC1O. The van der Waals surface area contributed by atoms with Crippen molar-refractivity contribution >= 4 is 16.0 Å². The molecule has 7 heteroatoms. The number of carbonyl (C=O) groups is 1. The molecule has 6 nitrogen and oxygen atoms in total. The lowest BCUT2D eigenvalue weighted by atomic mass is 9.99. The highest BCUT2D eigenvalue weighted by Gasteiger charge is 2.31. The van der Waals surface area contributed by atoms with Gasteiger partial charge in [0, 0.05) is 13.1 Å². The number of hydrogen-bond donors (Lipinski definition) is 2. The molecular formula is C14H19NO5S. The van der Waals surface area contributed by atoms with Crippen LogP contribution in [0, 0.1) is 5.92 Å². The standard InChI is InChI=1S/C14H19NO5S/c1-10-8-15(7-6-13(10)16)21(19,20)9-11-2-4-12(5-3-11)14(17)18/h2-5,10,13,16H,6-9H2,1H3,(H,17,18). The molecule has 2 rings (SSSR count). The van der Waals surface area contributed by atoms with E-state index in [9.17, 15) is 18.3 Å². The van der Waals surface area contributed by atoms with Gasteiger partial charge in [-0.05, 0) is 30.0 Å². The van der Waals surface area contributed by atoms with Crippen LogP contribution in [0.2, 0.25) is 0 Å². The van der Waals surface area contributed by atoms with Gasteiger partial charge in [-0.25, -0.2) is 17.5 Å². The normalized spacial score (nSPS) is 23.9. The fourth-order valence-corrected chi connectivity index (χ4v) is 4.04. The van der Waals surface area contributed by atoms with Crippen LogP contribution in [0.5, 0.6) is 0 Å². The van der Waals surface area contributed by atoms with Crippen molar-refractivity contribution in [1.82, 2.24) is 4.31 Å². The number of hydrogen-bond acceptors (Lipinski definition) is 4. The molecule has 1 fully saturated rings. The molecule has 2 unspecified atom stereocenters. The lowest BCUT2D eigenvalue weighted by Crippen LogP contribution is -2.45. The monoisotopic (exact) mass is 313 g/mol. The Bertz CT molecular complexity index is 611. The number of sulfonamides is 1. The zero-order valence-electron chi connectivity index (χ0n) is 11.8. The van der Waals surface area contributed by atoms with Crippen LogP contribution < -0.4 is 0 Å². The Balaban J connectivity index is 2.08. The van der Waals surface area contributed by atoms with Gasteiger partial charge in [-0.3, -0.25) is 0 Å². The molecule has 1 aromatic rings. The van der Waals surface area contributed by atoms with Crippen molar-refractivity contribution in [3.63, 3.8) is 0 Å². The number of rotatable bonds is 4. The zero-order chi connectivity index (χ0) is 15.6. The second-order valence-corrected chi connectivity index (χ2v) is 7.42. The number of aromatic carboxylic acids is 1. The van der Waals surface area contributed by atoms with E-state index in [4.69, 9.17) is 5.11 Å². The van der Waals surface area contributed by atoms with Crippen LogP contribution in [-0.2, 0) is 15.8 Å². The molecule has 1 saturated heterocycles. The summed E-state index contributed by atoms with van der Waals surface area (Å²) in [6, 6.07) is 5.83. The zero-order valence-corrected chi connectivity index (χ0v) is 12.6. The minimum absolute atomic E-state index is 0.0806. The van der Waals surface area contributed by atoms with Crippen molar-refractivity contribution in [2.24, 2.45) is 5.92 Å². The van der Waals surface area contributed by atoms with E-state index in [-0.39, 0.29) is 17.2 Å². The maximum atomic E-state index is 12.4. The number of aliphatic hydroxyl groups is 1. The van der Waals surface area contributed by atoms with Gasteiger partial charge in [0.2, 0.25) is 10.0 Å². The minimum Gasteiger partial charge on any atom is -0.478 e. The molecule has 2 N–H and O–H groups in total. The molecular weight excluding hydrogens is 294 g/mol. The van der Waals surface area contributed by atoms with Gasteiger partial charge in [0.1, 0.15) is 0 Å². The third-order valence-electron chi connectivity index (χ3n) is 3.77. The predicted octanol–water partition coefficient (Wildman–Crippen LogP) is 0.917. The molecule has 0 amide bonds. The number of carboxylic acids is 1. The van der Waals surface area contributed by atoms with Gasteiger partial charge in [-0.15, -0.1) is 0 Å². The molecule has 0 saturated carbocycles. The average molecular weight is 313 g/mol. The van der Waals surface area contributed by atoms with E-state index in [1.165, 1.54) is 28.6 Å². The number of aliphatic hydroxyl groups excluding tert-OH is 1. The van der Waals surface area contributed by atoms with Crippen LogP contribution in [0.1, 0.15) is 29.3 Å². The van der Waals surface area contributed by atoms with Gasteiger partial charge in [-0.2, -0.15) is 0 Å². The van der Waals surface area contributed by atoms with Crippen LogP contribution in [0.25, 0.3) is 0 Å². The summed E-state index contributed by atoms with van der Waals surface area (Å²) in [5, 5.41) is 18.5. The molecule has 21 heavy (non-hydrogen) atoms. The number of carboxylic acid groups (broad SMARTS) is 1. The summed E-state index contributed by atoms with van der Waals surface area (Å²) in [6.45, 7) is 2.46. The minimum atomic E-state index is -3.45. The van der Waals surface area contributed by atoms with E-state index in [1.807, 2.05) is 6.92 Å². The van der Waals surface area contributed by atoms with Crippen LogP contribution in [-0.4, -0.2) is 48.1 Å². The quantitative estimate of drug-likeness (QED) is 0.862. The molecule has 1 heterocycles. The summed E-state index contributed by atoms with van der Waals surface area (Å²) >= 11 is 0. The second-order valence-electron chi connectivity index (χ2n) is 5.45. The van der Waals surface area contributed by atoms with E-state index in [1.54, 1.807) is 0 Å². The Kier molecular flexibility index (Phi) is 4.65. The number of benzene rings is 1. The predicted molar refractivity (Wildman–Crippen MR) is 77.4 cm³/mol.